The standard InChI is InChI=1S/C69H134O17P2/c1-9-62(8)48-40-32-23-18-19-25-36-44-52-69(74)86-64(55-79-66(71)49-41-33-26-20-22-30-38-46-60(4)5)57-83-87(75,76)81-53-63(70)54-82-88(77,78)84-58-65(56-80-67(72)50-42-34-28-27-31-39-47-61(6)7)85-68(73)51-43-35-24-17-15-13-11-10-12-14-16-21-29-37-45-59(2)3/h59-65,70H,9-58H2,1-8H3,(H,75,76)(H,77,78)/t62?,63?,64-,65-/m1/s1. The first-order valence-electron chi connectivity index (χ1n) is 35.7. The van der Waals surface area contributed by atoms with Gasteiger partial charge in [0.2, 0.25) is 0 Å². The number of phosphoric ester groups is 2. The topological polar surface area (TPSA) is 237 Å². The first-order chi connectivity index (χ1) is 42.1. The summed E-state index contributed by atoms with van der Waals surface area (Å²) in [4.78, 5) is 72.4. The van der Waals surface area contributed by atoms with E-state index in [1.54, 1.807) is 0 Å². The second kappa shape index (κ2) is 58.8. The maximum absolute atomic E-state index is 13.0. The molecule has 0 amide bonds. The fourth-order valence-corrected chi connectivity index (χ4v) is 11.9. The van der Waals surface area contributed by atoms with Crippen LogP contribution >= 0.6 is 15.6 Å². The van der Waals surface area contributed by atoms with Crippen molar-refractivity contribution in [2.45, 2.75) is 356 Å². The van der Waals surface area contributed by atoms with Crippen LogP contribution in [-0.2, 0) is 65.4 Å². The number of ether oxygens (including phenoxy) is 4. The van der Waals surface area contributed by atoms with Crippen LogP contribution in [0.1, 0.15) is 338 Å². The number of aliphatic hydroxyl groups is 1. The van der Waals surface area contributed by atoms with Gasteiger partial charge in [-0.3, -0.25) is 37.3 Å². The number of carbonyl (C=O) groups excluding carboxylic acids is 4. The monoisotopic (exact) mass is 1300 g/mol. The molecule has 0 aliphatic carbocycles. The summed E-state index contributed by atoms with van der Waals surface area (Å²) in [6, 6.07) is 0. The number of phosphoric acid groups is 2. The van der Waals surface area contributed by atoms with E-state index in [-0.39, 0.29) is 25.7 Å². The molecule has 3 N–H and O–H groups in total. The predicted molar refractivity (Wildman–Crippen MR) is 354 cm³/mol. The molecule has 0 aromatic carbocycles. The van der Waals surface area contributed by atoms with Crippen LogP contribution in [0.3, 0.4) is 0 Å². The molecule has 0 saturated heterocycles. The quantitative estimate of drug-likeness (QED) is 0.0222. The first kappa shape index (κ1) is 86.1. The Balaban J connectivity index is 5.22. The molecule has 0 spiro atoms. The summed E-state index contributed by atoms with van der Waals surface area (Å²) in [6.45, 7) is 14.0. The molecule has 19 heteroatoms. The summed E-state index contributed by atoms with van der Waals surface area (Å²) in [5.74, 6) is 0.814. The Kier molecular flexibility index (Phi) is 57.6. The van der Waals surface area contributed by atoms with Gasteiger partial charge in [0.15, 0.2) is 12.2 Å². The third-order valence-electron chi connectivity index (χ3n) is 16.2. The van der Waals surface area contributed by atoms with Gasteiger partial charge in [-0.15, -0.1) is 0 Å². The molecule has 0 aromatic heterocycles. The lowest BCUT2D eigenvalue weighted by atomic mass is 9.99. The van der Waals surface area contributed by atoms with Gasteiger partial charge in [0.25, 0.3) is 0 Å². The Morgan fingerprint density at radius 1 is 0.318 bits per heavy atom. The van der Waals surface area contributed by atoms with Crippen molar-refractivity contribution >= 4 is 39.5 Å². The Labute approximate surface area is 537 Å². The number of unbranched alkanes of at least 4 members (excludes halogenated alkanes) is 31. The van der Waals surface area contributed by atoms with Gasteiger partial charge in [0.05, 0.1) is 26.4 Å². The second-order valence-electron chi connectivity index (χ2n) is 26.6. The molecule has 0 rings (SSSR count). The van der Waals surface area contributed by atoms with Crippen LogP contribution in [0.25, 0.3) is 0 Å². The van der Waals surface area contributed by atoms with Gasteiger partial charge in [-0.25, -0.2) is 9.13 Å². The predicted octanol–water partition coefficient (Wildman–Crippen LogP) is 19.3. The molecular formula is C69H134O17P2. The first-order valence-corrected chi connectivity index (χ1v) is 38.7. The minimum atomic E-state index is -4.95. The Bertz CT molecular complexity index is 1750. The SMILES string of the molecule is CCC(C)CCCCCCCCCCC(=O)O[C@H](COC(=O)CCCCCCCCCC(C)C)COP(=O)(O)OCC(O)COP(=O)(O)OC[C@@H](COC(=O)CCCCCCCCC(C)C)OC(=O)CCCCCCCCCCCCCCCCC(C)C. The van der Waals surface area contributed by atoms with E-state index in [2.05, 4.69) is 55.4 Å². The van der Waals surface area contributed by atoms with Crippen LogP contribution in [0.15, 0.2) is 0 Å². The molecule has 4 unspecified atom stereocenters. The molecule has 88 heavy (non-hydrogen) atoms. The van der Waals surface area contributed by atoms with Gasteiger partial charge in [-0.1, -0.05) is 287 Å². The van der Waals surface area contributed by atoms with Gasteiger partial charge in [0.1, 0.15) is 19.3 Å². The highest BCUT2D eigenvalue weighted by molar-refractivity contribution is 7.47. The summed E-state index contributed by atoms with van der Waals surface area (Å²) < 4.78 is 68.2. The number of aliphatic hydroxyl groups excluding tert-OH is 1. The van der Waals surface area contributed by atoms with Crippen LogP contribution in [0.5, 0.6) is 0 Å². The minimum Gasteiger partial charge on any atom is -0.462 e. The smallest absolute Gasteiger partial charge is 0.462 e. The highest BCUT2D eigenvalue weighted by atomic mass is 31.2. The van der Waals surface area contributed by atoms with E-state index in [1.807, 2.05) is 0 Å². The molecule has 0 saturated carbocycles. The Morgan fingerprint density at radius 2 is 0.545 bits per heavy atom. The van der Waals surface area contributed by atoms with E-state index in [4.69, 9.17) is 37.0 Å². The van der Waals surface area contributed by atoms with Crippen LogP contribution in [-0.4, -0.2) is 96.7 Å². The van der Waals surface area contributed by atoms with Crippen molar-refractivity contribution in [3.63, 3.8) is 0 Å². The fraction of sp³-hybridized carbons (Fsp3) is 0.942. The van der Waals surface area contributed by atoms with Crippen molar-refractivity contribution in [1.29, 1.82) is 0 Å². The van der Waals surface area contributed by atoms with E-state index in [9.17, 15) is 43.2 Å². The maximum atomic E-state index is 13.0. The molecule has 17 nitrogen and oxygen atoms in total. The molecule has 522 valence electrons. The van der Waals surface area contributed by atoms with Gasteiger partial charge < -0.3 is 33.8 Å². The molecular weight excluding hydrogens is 1160 g/mol. The van der Waals surface area contributed by atoms with Crippen molar-refractivity contribution in [3.05, 3.63) is 0 Å². The van der Waals surface area contributed by atoms with Gasteiger partial charge in [-0.05, 0) is 49.4 Å². The molecule has 0 radical (unpaired) electrons. The summed E-state index contributed by atoms with van der Waals surface area (Å²) >= 11 is 0. The minimum absolute atomic E-state index is 0.104. The number of hydrogen-bond donors (Lipinski definition) is 3. The van der Waals surface area contributed by atoms with Gasteiger partial charge >= 0.3 is 39.5 Å². The number of esters is 4. The third kappa shape index (κ3) is 61.6. The van der Waals surface area contributed by atoms with Crippen molar-refractivity contribution in [2.75, 3.05) is 39.6 Å². The molecule has 6 atom stereocenters. The summed E-state index contributed by atoms with van der Waals surface area (Å²) in [7, 11) is -9.90. The zero-order valence-electron chi connectivity index (χ0n) is 57.3. The summed E-state index contributed by atoms with van der Waals surface area (Å²) in [5, 5.41) is 10.6. The number of carbonyl (C=O) groups is 4. The molecule has 0 aliphatic rings. The maximum Gasteiger partial charge on any atom is 0.472 e. The van der Waals surface area contributed by atoms with E-state index in [0.29, 0.717) is 37.5 Å². The molecule has 0 bridgehead atoms. The van der Waals surface area contributed by atoms with Gasteiger partial charge in [0, 0.05) is 25.7 Å². The highest BCUT2D eigenvalue weighted by Gasteiger charge is 2.30. The summed E-state index contributed by atoms with van der Waals surface area (Å²) in [6.07, 6.45) is 40.5. The average molecular weight is 1300 g/mol. The van der Waals surface area contributed by atoms with Crippen molar-refractivity contribution in [1.82, 2.24) is 0 Å². The zero-order chi connectivity index (χ0) is 65.4. The van der Waals surface area contributed by atoms with Crippen molar-refractivity contribution in [3.8, 4) is 0 Å². The van der Waals surface area contributed by atoms with Crippen LogP contribution in [0.2, 0.25) is 0 Å². The van der Waals surface area contributed by atoms with E-state index >= 15 is 0 Å². The third-order valence-corrected chi connectivity index (χ3v) is 18.1. The summed E-state index contributed by atoms with van der Waals surface area (Å²) in [5.41, 5.74) is 0. The average Bonchev–Trinajstić information content (AvgIpc) is 3.64. The van der Waals surface area contributed by atoms with Crippen LogP contribution in [0.4, 0.5) is 0 Å². The van der Waals surface area contributed by atoms with E-state index in [1.165, 1.54) is 128 Å². The molecule has 0 heterocycles. The van der Waals surface area contributed by atoms with Crippen LogP contribution in [0, 0.1) is 23.7 Å². The van der Waals surface area contributed by atoms with Gasteiger partial charge in [-0.2, -0.15) is 0 Å². The Morgan fingerprint density at radius 3 is 0.807 bits per heavy atom. The molecule has 0 aromatic rings. The fourth-order valence-electron chi connectivity index (χ4n) is 10.3. The zero-order valence-corrected chi connectivity index (χ0v) is 59.1. The van der Waals surface area contributed by atoms with Crippen molar-refractivity contribution in [2.24, 2.45) is 23.7 Å². The molecule has 0 fully saturated rings. The second-order valence-corrected chi connectivity index (χ2v) is 29.5. The Hall–Kier alpha value is -1.94. The van der Waals surface area contributed by atoms with Crippen LogP contribution < -0.4 is 0 Å². The lowest BCUT2D eigenvalue weighted by molar-refractivity contribution is -0.161. The normalized spacial score (nSPS) is 14.6. The lowest BCUT2D eigenvalue weighted by Gasteiger charge is -2.21. The van der Waals surface area contributed by atoms with E-state index < -0.39 is 97.5 Å². The lowest BCUT2D eigenvalue weighted by Crippen LogP contribution is -2.30. The van der Waals surface area contributed by atoms with Crippen molar-refractivity contribution < 1.29 is 80.2 Å². The van der Waals surface area contributed by atoms with E-state index in [0.717, 1.165) is 115 Å². The molecule has 0 aliphatic heterocycles. The largest absolute Gasteiger partial charge is 0.472 e. The number of rotatable bonds is 66. The highest BCUT2D eigenvalue weighted by Crippen LogP contribution is 2.45. The number of hydrogen-bond acceptors (Lipinski definition) is 15.